The van der Waals surface area contributed by atoms with Gasteiger partial charge in [-0.15, -0.1) is 0 Å². The maximum absolute atomic E-state index is 5.51. The van der Waals surface area contributed by atoms with E-state index in [1.54, 1.807) is 0 Å². The molecule has 0 spiro atoms. The number of benzene rings is 1. The molecule has 1 aliphatic rings. The van der Waals surface area contributed by atoms with Crippen LogP contribution in [0, 0.1) is 0 Å². The van der Waals surface area contributed by atoms with Gasteiger partial charge in [0.25, 0.3) is 0 Å². The third-order valence-electron chi connectivity index (χ3n) is 2.51. The van der Waals surface area contributed by atoms with Gasteiger partial charge >= 0.3 is 0 Å². The molecule has 1 heterocycles. The largest absolute Gasteiger partial charge is 0.478 e. The zero-order chi connectivity index (χ0) is 9.97. The third-order valence-corrected chi connectivity index (χ3v) is 2.51. The molecule has 0 aromatic heterocycles. The Morgan fingerprint density at radius 3 is 3.00 bits per heavy atom. The van der Waals surface area contributed by atoms with Crippen molar-refractivity contribution in [2.75, 3.05) is 13.2 Å². The second kappa shape index (κ2) is 3.82. The lowest BCUT2D eigenvalue weighted by Gasteiger charge is -2.21. The van der Waals surface area contributed by atoms with Crippen molar-refractivity contribution in [1.29, 1.82) is 0 Å². The van der Waals surface area contributed by atoms with Crippen LogP contribution in [0.25, 0.3) is 0 Å². The molecule has 1 aromatic rings. The van der Waals surface area contributed by atoms with E-state index in [9.17, 15) is 0 Å². The zero-order valence-corrected chi connectivity index (χ0v) is 8.66. The van der Waals surface area contributed by atoms with E-state index in [4.69, 9.17) is 4.74 Å². The molecule has 0 radical (unpaired) electrons. The highest BCUT2D eigenvalue weighted by molar-refractivity contribution is 5.96. The number of ether oxygens (including phenoxy) is 1. The van der Waals surface area contributed by atoms with E-state index >= 15 is 0 Å². The first-order chi connectivity index (χ1) is 6.83. The molecule has 2 nitrogen and oxygen atoms in total. The summed E-state index contributed by atoms with van der Waals surface area (Å²) in [5.74, 6) is 1.32. The highest BCUT2D eigenvalue weighted by atomic mass is 16.5. The summed E-state index contributed by atoms with van der Waals surface area (Å²) < 4.78 is 5.51. The van der Waals surface area contributed by atoms with E-state index < -0.39 is 0 Å². The first kappa shape index (κ1) is 9.25. The lowest BCUT2D eigenvalue weighted by atomic mass is 9.93. The van der Waals surface area contributed by atoms with Crippen LogP contribution in [0.1, 0.15) is 30.9 Å². The lowest BCUT2D eigenvalue weighted by molar-refractivity contribution is 0.324. The minimum absolute atomic E-state index is 0.510. The Balaban J connectivity index is 2.40. The molecular weight excluding hydrogens is 174 g/mol. The minimum Gasteiger partial charge on any atom is -0.478 e. The third kappa shape index (κ3) is 1.52. The van der Waals surface area contributed by atoms with Crippen LogP contribution >= 0.6 is 0 Å². The van der Waals surface area contributed by atoms with Crippen molar-refractivity contribution in [2.24, 2.45) is 4.99 Å². The van der Waals surface area contributed by atoms with Crippen molar-refractivity contribution in [3.05, 3.63) is 35.4 Å². The second-order valence-corrected chi connectivity index (χ2v) is 3.57. The van der Waals surface area contributed by atoms with Crippen molar-refractivity contribution in [3.8, 4) is 0 Å². The summed E-state index contributed by atoms with van der Waals surface area (Å²) in [6, 6.07) is 8.35. The Hall–Kier alpha value is -1.31. The summed E-state index contributed by atoms with van der Waals surface area (Å²) in [5.41, 5.74) is 2.51. The molecule has 2 heteroatoms. The zero-order valence-electron chi connectivity index (χ0n) is 8.66. The Morgan fingerprint density at radius 2 is 2.21 bits per heavy atom. The summed E-state index contributed by atoms with van der Waals surface area (Å²) in [4.78, 5) is 4.44. The summed E-state index contributed by atoms with van der Waals surface area (Å²) in [5, 5.41) is 0. The molecule has 0 bridgehead atoms. The summed E-state index contributed by atoms with van der Waals surface area (Å²) in [6.45, 7) is 5.71. The van der Waals surface area contributed by atoms with Gasteiger partial charge in [0.15, 0.2) is 0 Å². The molecule has 0 saturated carbocycles. The van der Waals surface area contributed by atoms with Crippen molar-refractivity contribution in [2.45, 2.75) is 19.8 Å². The summed E-state index contributed by atoms with van der Waals surface area (Å²) >= 11 is 0. The van der Waals surface area contributed by atoms with Gasteiger partial charge in [0, 0.05) is 18.0 Å². The average molecular weight is 189 g/mol. The highest BCUT2D eigenvalue weighted by Crippen LogP contribution is 2.25. The number of fused-ring (bicyclic) bond motifs is 1. The highest BCUT2D eigenvalue weighted by Gasteiger charge is 2.19. The number of hydrogen-bond donors (Lipinski definition) is 0. The molecule has 74 valence electrons. The van der Waals surface area contributed by atoms with Crippen molar-refractivity contribution >= 4 is 5.90 Å². The first-order valence-corrected chi connectivity index (χ1v) is 5.09. The van der Waals surface area contributed by atoms with Gasteiger partial charge in [0.05, 0.1) is 6.61 Å². The normalized spacial score (nSPS) is 19.9. The van der Waals surface area contributed by atoms with Gasteiger partial charge < -0.3 is 4.74 Å². The van der Waals surface area contributed by atoms with Crippen molar-refractivity contribution < 1.29 is 4.74 Å². The Morgan fingerprint density at radius 1 is 1.43 bits per heavy atom. The average Bonchev–Trinajstić information content (AvgIpc) is 2.23. The van der Waals surface area contributed by atoms with Gasteiger partial charge in [-0.05, 0) is 18.6 Å². The van der Waals surface area contributed by atoms with Crippen molar-refractivity contribution in [1.82, 2.24) is 0 Å². The quantitative estimate of drug-likeness (QED) is 0.665. The number of aliphatic imine (C=N–C) groups is 1. The van der Waals surface area contributed by atoms with Crippen LogP contribution in [-0.2, 0) is 4.74 Å². The maximum Gasteiger partial charge on any atom is 0.216 e. The molecule has 1 aliphatic heterocycles. The topological polar surface area (TPSA) is 21.6 Å². The monoisotopic (exact) mass is 189 g/mol. The first-order valence-electron chi connectivity index (χ1n) is 5.09. The van der Waals surface area contributed by atoms with Crippen LogP contribution in [0.15, 0.2) is 29.3 Å². The van der Waals surface area contributed by atoms with Crippen LogP contribution in [0.3, 0.4) is 0 Å². The number of nitrogens with zero attached hydrogens (tertiary/aromatic N) is 1. The van der Waals surface area contributed by atoms with Gasteiger partial charge in [-0.25, -0.2) is 0 Å². The fourth-order valence-electron chi connectivity index (χ4n) is 1.78. The van der Waals surface area contributed by atoms with E-state index in [1.165, 1.54) is 5.56 Å². The van der Waals surface area contributed by atoms with Crippen LogP contribution < -0.4 is 0 Å². The van der Waals surface area contributed by atoms with E-state index in [1.807, 2.05) is 13.0 Å². The fraction of sp³-hybridized carbons (Fsp3) is 0.417. The smallest absolute Gasteiger partial charge is 0.216 e. The number of hydrogen-bond acceptors (Lipinski definition) is 2. The molecule has 1 unspecified atom stereocenters. The molecule has 0 aliphatic carbocycles. The number of rotatable bonds is 1. The molecule has 0 saturated heterocycles. The molecule has 0 amide bonds. The predicted octanol–water partition coefficient (Wildman–Crippen LogP) is 2.59. The SMILES string of the molecule is CCOC1=NCC(C)c2ccccc21. The predicted molar refractivity (Wildman–Crippen MR) is 57.9 cm³/mol. The molecule has 14 heavy (non-hydrogen) atoms. The lowest BCUT2D eigenvalue weighted by Crippen LogP contribution is -2.18. The van der Waals surface area contributed by atoms with Crippen LogP contribution in [0.5, 0.6) is 0 Å². The van der Waals surface area contributed by atoms with E-state index in [2.05, 4.69) is 30.1 Å². The standard InChI is InChI=1S/C12H15NO/c1-3-14-12-11-7-5-4-6-10(11)9(2)8-13-12/h4-7,9H,3,8H2,1-2H3. The van der Waals surface area contributed by atoms with Gasteiger partial charge in [-0.2, -0.15) is 0 Å². The van der Waals surface area contributed by atoms with Gasteiger partial charge in [-0.1, -0.05) is 25.1 Å². The summed E-state index contributed by atoms with van der Waals surface area (Å²) in [7, 11) is 0. The molecular formula is C12H15NO. The Labute approximate surface area is 84.6 Å². The molecule has 1 aromatic carbocycles. The second-order valence-electron chi connectivity index (χ2n) is 3.57. The van der Waals surface area contributed by atoms with Crippen LogP contribution in [0.2, 0.25) is 0 Å². The van der Waals surface area contributed by atoms with E-state index in [0.29, 0.717) is 12.5 Å². The van der Waals surface area contributed by atoms with Crippen LogP contribution in [0.4, 0.5) is 0 Å². The molecule has 0 fully saturated rings. The van der Waals surface area contributed by atoms with E-state index in [-0.39, 0.29) is 0 Å². The molecule has 0 N–H and O–H groups in total. The molecule has 1 atom stereocenters. The Kier molecular flexibility index (Phi) is 2.53. The summed E-state index contributed by atoms with van der Waals surface area (Å²) in [6.07, 6.45) is 0. The minimum atomic E-state index is 0.510. The maximum atomic E-state index is 5.51. The van der Waals surface area contributed by atoms with Crippen molar-refractivity contribution in [3.63, 3.8) is 0 Å². The van der Waals surface area contributed by atoms with Gasteiger partial charge in [0.1, 0.15) is 0 Å². The van der Waals surface area contributed by atoms with Crippen LogP contribution in [-0.4, -0.2) is 19.0 Å². The van der Waals surface area contributed by atoms with E-state index in [0.717, 1.165) is 18.0 Å². The fourth-order valence-corrected chi connectivity index (χ4v) is 1.78. The Bertz CT molecular complexity index is 357. The van der Waals surface area contributed by atoms with Gasteiger partial charge in [0.2, 0.25) is 5.90 Å². The van der Waals surface area contributed by atoms with Gasteiger partial charge in [-0.3, -0.25) is 4.99 Å². The molecule has 2 rings (SSSR count).